The third-order valence-electron chi connectivity index (χ3n) is 6.17. The van der Waals surface area contributed by atoms with Crippen molar-refractivity contribution in [2.24, 2.45) is 0 Å². The molecule has 0 atom stereocenters. The Balaban J connectivity index is 1.21. The van der Waals surface area contributed by atoms with E-state index in [-0.39, 0.29) is 5.91 Å². The highest BCUT2D eigenvalue weighted by molar-refractivity contribution is 6.04. The van der Waals surface area contributed by atoms with Gasteiger partial charge in [0, 0.05) is 43.0 Å². The minimum atomic E-state index is -0.135. The third kappa shape index (κ3) is 4.97. The number of carbonyl (C=O) groups is 1. The lowest BCUT2D eigenvalue weighted by molar-refractivity contribution is 0.102. The van der Waals surface area contributed by atoms with E-state index in [4.69, 9.17) is 0 Å². The molecular weight excluding hydrogens is 422 g/mol. The maximum atomic E-state index is 12.7. The zero-order chi connectivity index (χ0) is 23.3. The van der Waals surface area contributed by atoms with Gasteiger partial charge in [0.05, 0.1) is 5.69 Å². The number of likely N-dealkylation sites (N-methyl/N-ethyl adjacent to an activating group) is 1. The van der Waals surface area contributed by atoms with E-state index in [0.29, 0.717) is 5.56 Å². The molecule has 1 N–H and O–H groups in total. The molecule has 1 fully saturated rings. The minimum Gasteiger partial charge on any atom is -0.353 e. The topological polar surface area (TPSA) is 61.4 Å². The van der Waals surface area contributed by atoms with Gasteiger partial charge in [-0.15, -0.1) is 10.2 Å². The van der Waals surface area contributed by atoms with Crippen molar-refractivity contribution in [1.29, 1.82) is 0 Å². The summed E-state index contributed by atoms with van der Waals surface area (Å²) in [5.74, 6) is 0.780. The predicted octanol–water partition coefficient (Wildman–Crippen LogP) is 4.81. The van der Waals surface area contributed by atoms with Crippen molar-refractivity contribution in [1.82, 2.24) is 15.1 Å². The normalized spacial score (nSPS) is 14.1. The Morgan fingerprint density at radius 1 is 0.706 bits per heavy atom. The van der Waals surface area contributed by atoms with Crippen LogP contribution in [-0.2, 0) is 0 Å². The molecule has 170 valence electrons. The lowest BCUT2D eigenvalue weighted by Gasteiger charge is -2.32. The molecule has 1 aliphatic rings. The maximum absolute atomic E-state index is 12.7. The molecule has 6 nitrogen and oxygen atoms in total. The van der Waals surface area contributed by atoms with Crippen LogP contribution in [0.25, 0.3) is 22.4 Å². The van der Waals surface area contributed by atoms with Gasteiger partial charge >= 0.3 is 0 Å². The van der Waals surface area contributed by atoms with Gasteiger partial charge in [0.1, 0.15) is 0 Å². The molecule has 1 aliphatic heterocycles. The van der Waals surface area contributed by atoms with Crippen LogP contribution >= 0.6 is 0 Å². The summed E-state index contributed by atoms with van der Waals surface area (Å²) in [6.07, 6.45) is 0. The predicted molar refractivity (Wildman–Crippen MR) is 137 cm³/mol. The molecular formula is C28H27N5O. The maximum Gasteiger partial charge on any atom is 0.255 e. The van der Waals surface area contributed by atoms with Gasteiger partial charge in [-0.1, -0.05) is 54.6 Å². The zero-order valence-electron chi connectivity index (χ0n) is 19.2. The summed E-state index contributed by atoms with van der Waals surface area (Å²) < 4.78 is 0. The van der Waals surface area contributed by atoms with Crippen molar-refractivity contribution in [2.45, 2.75) is 0 Å². The quantitative estimate of drug-likeness (QED) is 0.474. The molecule has 0 unspecified atom stereocenters. The van der Waals surface area contributed by atoms with Gasteiger partial charge in [0.15, 0.2) is 5.82 Å². The van der Waals surface area contributed by atoms with Gasteiger partial charge in [-0.25, -0.2) is 0 Å². The number of nitrogens with zero attached hydrogens (tertiary/aromatic N) is 4. The molecule has 4 aromatic rings. The average molecular weight is 450 g/mol. The first kappa shape index (κ1) is 21.8. The minimum absolute atomic E-state index is 0.135. The van der Waals surface area contributed by atoms with E-state index in [1.807, 2.05) is 78.9 Å². The molecule has 0 aliphatic carbocycles. The first-order chi connectivity index (χ1) is 16.7. The van der Waals surface area contributed by atoms with E-state index in [2.05, 4.69) is 44.5 Å². The molecule has 0 spiro atoms. The molecule has 1 aromatic heterocycles. The molecule has 0 saturated carbocycles. The molecule has 5 rings (SSSR count). The second-order valence-corrected chi connectivity index (χ2v) is 8.54. The van der Waals surface area contributed by atoms with Gasteiger partial charge in [-0.05, 0) is 54.6 Å². The van der Waals surface area contributed by atoms with Crippen molar-refractivity contribution >= 4 is 17.4 Å². The standard InChI is InChI=1S/C28H27N5O/c1-32-17-19-33(20-18-32)27-16-15-26(30-31-27)23-11-13-25(14-12-23)29-28(34)24-9-7-22(8-10-24)21-5-3-2-4-6-21/h2-16H,17-20H2,1H3,(H,29,34). The first-order valence-electron chi connectivity index (χ1n) is 11.5. The van der Waals surface area contributed by atoms with Crippen molar-refractivity contribution < 1.29 is 4.79 Å². The summed E-state index contributed by atoms with van der Waals surface area (Å²) in [6, 6.07) is 29.5. The van der Waals surface area contributed by atoms with Crippen LogP contribution in [0.5, 0.6) is 0 Å². The summed E-state index contributed by atoms with van der Waals surface area (Å²) in [6.45, 7) is 4.00. The lowest BCUT2D eigenvalue weighted by Crippen LogP contribution is -2.44. The van der Waals surface area contributed by atoms with Crippen molar-refractivity contribution in [3.8, 4) is 22.4 Å². The molecule has 0 radical (unpaired) electrons. The van der Waals surface area contributed by atoms with Gasteiger partial charge in [0.25, 0.3) is 5.91 Å². The van der Waals surface area contributed by atoms with Gasteiger partial charge in [-0.3, -0.25) is 4.79 Å². The number of amides is 1. The van der Waals surface area contributed by atoms with E-state index in [9.17, 15) is 4.79 Å². The highest BCUT2D eigenvalue weighted by Gasteiger charge is 2.15. The molecule has 0 bridgehead atoms. The van der Waals surface area contributed by atoms with Crippen LogP contribution in [0.4, 0.5) is 11.5 Å². The van der Waals surface area contributed by atoms with E-state index in [1.54, 1.807) is 0 Å². The fourth-order valence-electron chi connectivity index (χ4n) is 4.06. The summed E-state index contributed by atoms with van der Waals surface area (Å²) >= 11 is 0. The lowest BCUT2D eigenvalue weighted by atomic mass is 10.0. The molecule has 6 heteroatoms. The number of anilines is 2. The summed E-state index contributed by atoms with van der Waals surface area (Å²) in [4.78, 5) is 17.3. The largest absolute Gasteiger partial charge is 0.353 e. The number of aromatic nitrogens is 2. The van der Waals surface area contributed by atoms with Crippen LogP contribution in [0.3, 0.4) is 0 Å². The third-order valence-corrected chi connectivity index (χ3v) is 6.17. The molecule has 1 amide bonds. The number of nitrogens with one attached hydrogen (secondary N) is 1. The van der Waals surface area contributed by atoms with E-state index in [1.165, 1.54) is 0 Å². The van der Waals surface area contributed by atoms with Gasteiger partial charge in [0.2, 0.25) is 0 Å². The summed E-state index contributed by atoms with van der Waals surface area (Å²) in [7, 11) is 2.14. The number of rotatable bonds is 5. The molecule has 1 saturated heterocycles. The zero-order valence-corrected chi connectivity index (χ0v) is 19.2. The number of hydrogen-bond acceptors (Lipinski definition) is 5. The number of hydrogen-bond donors (Lipinski definition) is 1. The van der Waals surface area contributed by atoms with Crippen LogP contribution in [-0.4, -0.2) is 54.2 Å². The Kier molecular flexibility index (Phi) is 6.31. The second kappa shape index (κ2) is 9.85. The van der Waals surface area contributed by atoms with Gasteiger partial charge in [-0.2, -0.15) is 0 Å². The highest BCUT2D eigenvalue weighted by atomic mass is 16.1. The van der Waals surface area contributed by atoms with E-state index >= 15 is 0 Å². The second-order valence-electron chi connectivity index (χ2n) is 8.54. The molecule has 34 heavy (non-hydrogen) atoms. The van der Waals surface area contributed by atoms with Crippen LogP contribution in [0, 0.1) is 0 Å². The van der Waals surface area contributed by atoms with Crippen LogP contribution in [0.15, 0.2) is 91.0 Å². The smallest absolute Gasteiger partial charge is 0.255 e. The number of piperazine rings is 1. The summed E-state index contributed by atoms with van der Waals surface area (Å²) in [5, 5.41) is 11.8. The Bertz CT molecular complexity index is 1230. The van der Waals surface area contributed by atoms with Gasteiger partial charge < -0.3 is 15.1 Å². The van der Waals surface area contributed by atoms with Crippen LogP contribution in [0.2, 0.25) is 0 Å². The Morgan fingerprint density at radius 2 is 1.35 bits per heavy atom. The van der Waals surface area contributed by atoms with Crippen molar-refractivity contribution in [3.63, 3.8) is 0 Å². The van der Waals surface area contributed by atoms with Crippen molar-refractivity contribution in [2.75, 3.05) is 43.4 Å². The summed E-state index contributed by atoms with van der Waals surface area (Å²) in [5.41, 5.74) is 5.35. The van der Waals surface area contributed by atoms with Crippen LogP contribution < -0.4 is 10.2 Å². The fraction of sp³-hybridized carbons (Fsp3) is 0.179. The van der Waals surface area contributed by atoms with E-state index < -0.39 is 0 Å². The fourth-order valence-corrected chi connectivity index (χ4v) is 4.06. The first-order valence-corrected chi connectivity index (χ1v) is 11.5. The SMILES string of the molecule is CN1CCN(c2ccc(-c3ccc(NC(=O)c4ccc(-c5ccccc5)cc4)cc3)nn2)CC1. The highest BCUT2D eigenvalue weighted by Crippen LogP contribution is 2.23. The van der Waals surface area contributed by atoms with Crippen LogP contribution in [0.1, 0.15) is 10.4 Å². The Hall–Kier alpha value is -4.03. The van der Waals surface area contributed by atoms with Crippen molar-refractivity contribution in [3.05, 3.63) is 96.6 Å². The molecule has 2 heterocycles. The number of benzene rings is 3. The average Bonchev–Trinajstić information content (AvgIpc) is 2.90. The molecule has 3 aromatic carbocycles. The monoisotopic (exact) mass is 449 g/mol. The van der Waals surface area contributed by atoms with E-state index in [0.717, 1.165) is 60.1 Å². The Labute approximate surface area is 199 Å². The Morgan fingerprint density at radius 3 is 2.00 bits per heavy atom. The number of carbonyl (C=O) groups excluding carboxylic acids is 1.